The molecular weight excluding hydrogens is 364 g/mol. The van der Waals surface area contributed by atoms with Gasteiger partial charge in [-0.15, -0.1) is 0 Å². The van der Waals surface area contributed by atoms with Gasteiger partial charge in [0.25, 0.3) is 0 Å². The molecule has 0 saturated heterocycles. The smallest absolute Gasteiger partial charge is 0.139 e. The van der Waals surface area contributed by atoms with Crippen LogP contribution < -0.4 is 5.32 Å². The van der Waals surface area contributed by atoms with Crippen molar-refractivity contribution in [2.45, 2.75) is 6.92 Å². The Morgan fingerprint density at radius 1 is 0.567 bits per heavy atom. The third kappa shape index (κ3) is 3.33. The molecule has 1 heterocycles. The first-order valence-electron chi connectivity index (χ1n) is 10.2. The van der Waals surface area contributed by atoms with E-state index in [2.05, 4.69) is 109 Å². The molecule has 0 saturated carbocycles. The molecule has 2 nitrogen and oxygen atoms in total. The van der Waals surface area contributed by atoms with E-state index < -0.39 is 0 Å². The molecule has 2 heteroatoms. The van der Waals surface area contributed by atoms with Crippen LogP contribution in [0.3, 0.4) is 0 Å². The van der Waals surface area contributed by atoms with E-state index in [1.807, 2.05) is 12.1 Å². The number of rotatable bonds is 4. The summed E-state index contributed by atoms with van der Waals surface area (Å²) in [5, 5.41) is 5.89. The molecule has 0 aliphatic carbocycles. The lowest BCUT2D eigenvalue weighted by Crippen LogP contribution is -2.00. The van der Waals surface area contributed by atoms with Gasteiger partial charge in [0.05, 0.1) is 5.69 Å². The van der Waals surface area contributed by atoms with Crippen LogP contribution in [0.5, 0.6) is 0 Å². The standard InChI is InChI=1S/C28H22N2/c1-20-12-8-11-19-25(20)29-28-24-18-10-9-17-23(24)26(21-13-4-2-5-14-21)27(30-28)22-15-6-3-7-16-22/h2-19H,1H3,(H,29,30). The van der Waals surface area contributed by atoms with E-state index >= 15 is 0 Å². The van der Waals surface area contributed by atoms with E-state index in [4.69, 9.17) is 4.98 Å². The lowest BCUT2D eigenvalue weighted by molar-refractivity contribution is 1.32. The fourth-order valence-corrected chi connectivity index (χ4v) is 3.90. The van der Waals surface area contributed by atoms with Gasteiger partial charge in [0, 0.05) is 22.2 Å². The fourth-order valence-electron chi connectivity index (χ4n) is 3.90. The van der Waals surface area contributed by atoms with E-state index in [1.54, 1.807) is 0 Å². The molecule has 0 spiro atoms. The molecule has 30 heavy (non-hydrogen) atoms. The van der Waals surface area contributed by atoms with Gasteiger partial charge >= 0.3 is 0 Å². The number of nitrogens with zero attached hydrogens (tertiary/aromatic N) is 1. The number of benzene rings is 4. The third-order valence-corrected chi connectivity index (χ3v) is 5.42. The second-order valence-electron chi connectivity index (χ2n) is 7.40. The van der Waals surface area contributed by atoms with Crippen molar-refractivity contribution in [1.29, 1.82) is 0 Å². The second kappa shape index (κ2) is 7.84. The zero-order valence-corrected chi connectivity index (χ0v) is 16.8. The molecule has 0 fully saturated rings. The minimum absolute atomic E-state index is 0.874. The minimum atomic E-state index is 0.874. The maximum atomic E-state index is 5.17. The first kappa shape index (κ1) is 18.1. The molecule has 0 aliphatic heterocycles. The van der Waals surface area contributed by atoms with Crippen LogP contribution in [0.1, 0.15) is 5.56 Å². The van der Waals surface area contributed by atoms with Gasteiger partial charge in [-0.1, -0.05) is 103 Å². The van der Waals surface area contributed by atoms with Crippen molar-refractivity contribution >= 4 is 22.3 Å². The molecule has 1 aromatic heterocycles. The lowest BCUT2D eigenvalue weighted by atomic mass is 9.94. The average molecular weight is 386 g/mol. The van der Waals surface area contributed by atoms with Crippen LogP contribution in [0.25, 0.3) is 33.2 Å². The van der Waals surface area contributed by atoms with Gasteiger partial charge < -0.3 is 5.32 Å². The summed E-state index contributed by atoms with van der Waals surface area (Å²) < 4.78 is 0. The summed E-state index contributed by atoms with van der Waals surface area (Å²) in [5.41, 5.74) is 6.68. The molecule has 0 unspecified atom stereocenters. The SMILES string of the molecule is Cc1ccccc1Nc1nc(-c2ccccc2)c(-c2ccccc2)c2ccccc12. The summed E-state index contributed by atoms with van der Waals surface area (Å²) in [4.78, 5) is 5.17. The highest BCUT2D eigenvalue weighted by Gasteiger charge is 2.17. The predicted molar refractivity (Wildman–Crippen MR) is 127 cm³/mol. The number of fused-ring (bicyclic) bond motifs is 1. The van der Waals surface area contributed by atoms with Gasteiger partial charge in [-0.2, -0.15) is 0 Å². The second-order valence-corrected chi connectivity index (χ2v) is 7.40. The third-order valence-electron chi connectivity index (χ3n) is 5.42. The van der Waals surface area contributed by atoms with Crippen molar-refractivity contribution in [1.82, 2.24) is 4.98 Å². The Labute approximate surface area is 176 Å². The van der Waals surface area contributed by atoms with Gasteiger partial charge in [-0.25, -0.2) is 4.98 Å². The Balaban J connectivity index is 1.82. The number of nitrogens with one attached hydrogen (secondary N) is 1. The summed E-state index contributed by atoms with van der Waals surface area (Å²) in [6.45, 7) is 2.11. The summed E-state index contributed by atoms with van der Waals surface area (Å²) in [5.74, 6) is 0.874. The number of anilines is 2. The molecule has 0 aliphatic rings. The zero-order valence-electron chi connectivity index (χ0n) is 16.8. The summed E-state index contributed by atoms with van der Waals surface area (Å²) in [7, 11) is 0. The average Bonchev–Trinajstić information content (AvgIpc) is 2.81. The fraction of sp³-hybridized carbons (Fsp3) is 0.0357. The van der Waals surface area contributed by atoms with Crippen LogP contribution in [-0.4, -0.2) is 4.98 Å². The van der Waals surface area contributed by atoms with Crippen LogP contribution in [-0.2, 0) is 0 Å². The van der Waals surface area contributed by atoms with Gasteiger partial charge in [-0.05, 0) is 29.5 Å². The Morgan fingerprint density at radius 2 is 1.13 bits per heavy atom. The number of para-hydroxylation sites is 1. The van der Waals surface area contributed by atoms with Crippen LogP contribution >= 0.6 is 0 Å². The number of aromatic nitrogens is 1. The highest BCUT2D eigenvalue weighted by Crippen LogP contribution is 2.40. The molecule has 0 bridgehead atoms. The molecule has 0 radical (unpaired) electrons. The van der Waals surface area contributed by atoms with Crippen molar-refractivity contribution in [2.24, 2.45) is 0 Å². The lowest BCUT2D eigenvalue weighted by Gasteiger charge is -2.18. The topological polar surface area (TPSA) is 24.9 Å². The van der Waals surface area contributed by atoms with Crippen molar-refractivity contribution < 1.29 is 0 Å². The van der Waals surface area contributed by atoms with Crippen LogP contribution in [0, 0.1) is 6.92 Å². The highest BCUT2D eigenvalue weighted by molar-refractivity contribution is 6.07. The minimum Gasteiger partial charge on any atom is -0.339 e. The number of aryl methyl sites for hydroxylation is 1. The Hall–Kier alpha value is -3.91. The molecular formula is C28H22N2. The van der Waals surface area contributed by atoms with Crippen molar-refractivity contribution in [3.63, 3.8) is 0 Å². The van der Waals surface area contributed by atoms with Crippen LogP contribution in [0.15, 0.2) is 109 Å². The summed E-state index contributed by atoms with van der Waals surface area (Å²) in [6, 6.07) is 37.8. The van der Waals surface area contributed by atoms with E-state index in [0.29, 0.717) is 0 Å². The molecule has 144 valence electrons. The molecule has 5 aromatic rings. The first-order chi connectivity index (χ1) is 14.8. The maximum absolute atomic E-state index is 5.17. The monoisotopic (exact) mass is 386 g/mol. The van der Waals surface area contributed by atoms with E-state index in [-0.39, 0.29) is 0 Å². The quantitative estimate of drug-likeness (QED) is 0.343. The van der Waals surface area contributed by atoms with Gasteiger partial charge in [0.2, 0.25) is 0 Å². The molecule has 4 aromatic carbocycles. The van der Waals surface area contributed by atoms with Crippen molar-refractivity contribution in [3.8, 4) is 22.4 Å². The molecule has 0 atom stereocenters. The maximum Gasteiger partial charge on any atom is 0.139 e. The number of hydrogen-bond donors (Lipinski definition) is 1. The van der Waals surface area contributed by atoms with Gasteiger partial charge in [-0.3, -0.25) is 0 Å². The zero-order chi connectivity index (χ0) is 20.3. The normalized spacial score (nSPS) is 10.8. The van der Waals surface area contributed by atoms with Gasteiger partial charge in [0.15, 0.2) is 0 Å². The number of hydrogen-bond acceptors (Lipinski definition) is 2. The van der Waals surface area contributed by atoms with Crippen molar-refractivity contribution in [3.05, 3.63) is 115 Å². The van der Waals surface area contributed by atoms with Crippen LogP contribution in [0.2, 0.25) is 0 Å². The van der Waals surface area contributed by atoms with E-state index in [9.17, 15) is 0 Å². The Morgan fingerprint density at radius 3 is 1.83 bits per heavy atom. The number of pyridine rings is 1. The van der Waals surface area contributed by atoms with E-state index in [1.165, 1.54) is 16.5 Å². The molecule has 0 amide bonds. The van der Waals surface area contributed by atoms with Crippen LogP contribution in [0.4, 0.5) is 11.5 Å². The Kier molecular flexibility index (Phi) is 4.74. The van der Waals surface area contributed by atoms with Crippen molar-refractivity contribution in [2.75, 3.05) is 5.32 Å². The largest absolute Gasteiger partial charge is 0.339 e. The summed E-state index contributed by atoms with van der Waals surface area (Å²) >= 11 is 0. The van der Waals surface area contributed by atoms with Gasteiger partial charge in [0.1, 0.15) is 5.82 Å². The molecule has 1 N–H and O–H groups in total. The molecule has 5 rings (SSSR count). The highest BCUT2D eigenvalue weighted by atomic mass is 15.0. The van der Waals surface area contributed by atoms with E-state index in [0.717, 1.165) is 33.7 Å². The Bertz CT molecular complexity index is 1310. The first-order valence-corrected chi connectivity index (χ1v) is 10.2. The predicted octanol–water partition coefficient (Wildman–Crippen LogP) is 7.62. The summed E-state index contributed by atoms with van der Waals surface area (Å²) in [6.07, 6.45) is 0.